The lowest BCUT2D eigenvalue weighted by Crippen LogP contribution is -2.32. The van der Waals surface area contributed by atoms with Crippen LogP contribution in [-0.2, 0) is 0 Å². The second kappa shape index (κ2) is 6.82. The third-order valence-electron chi connectivity index (χ3n) is 2.67. The quantitative estimate of drug-likeness (QED) is 0.588. The molecule has 104 valence electrons. The van der Waals surface area contributed by atoms with Crippen molar-refractivity contribution in [3.8, 4) is 0 Å². The lowest BCUT2D eigenvalue weighted by atomic mass is 10.1. The van der Waals surface area contributed by atoms with Crippen LogP contribution < -0.4 is 0 Å². The molecule has 0 heterocycles. The molecule has 6 heteroatoms. The first-order chi connectivity index (χ1) is 9.01. The van der Waals surface area contributed by atoms with E-state index in [1.54, 1.807) is 4.90 Å². The minimum absolute atomic E-state index is 0.144. The Morgan fingerprint density at radius 1 is 1.32 bits per heavy atom. The highest BCUT2D eigenvalue weighted by molar-refractivity contribution is 5.94. The van der Waals surface area contributed by atoms with E-state index >= 15 is 0 Å². The van der Waals surface area contributed by atoms with Crippen LogP contribution in [0.1, 0.15) is 37.0 Å². The highest BCUT2D eigenvalue weighted by Crippen LogP contribution is 2.19. The molecule has 0 atom stereocenters. The fraction of sp³-hybridized carbons (Fsp3) is 0.462. The van der Waals surface area contributed by atoms with Gasteiger partial charge in [0.2, 0.25) is 5.82 Å². The fourth-order valence-electron chi connectivity index (χ4n) is 1.83. The molecule has 0 bridgehead atoms. The van der Waals surface area contributed by atoms with Crippen molar-refractivity contribution in [2.24, 2.45) is 0 Å². The molecule has 0 N–H and O–H groups in total. The van der Waals surface area contributed by atoms with Gasteiger partial charge in [-0.25, -0.2) is 0 Å². The van der Waals surface area contributed by atoms with Crippen molar-refractivity contribution in [2.45, 2.75) is 26.7 Å². The second-order valence-electron chi connectivity index (χ2n) is 4.22. The van der Waals surface area contributed by atoms with Crippen LogP contribution >= 0.6 is 0 Å². The van der Waals surface area contributed by atoms with Gasteiger partial charge in [-0.05, 0) is 25.0 Å². The molecule has 0 saturated carbocycles. The highest BCUT2D eigenvalue weighted by Gasteiger charge is 2.19. The molecule has 0 radical (unpaired) electrons. The standard InChI is InChI=1S/C13H17FN2O3/c1-3-7-15(8-4-2)13(17)10-5-6-12(16(18)19)11(14)9-10/h5-6,9H,3-4,7-8H2,1-2H3. The Morgan fingerprint density at radius 2 is 1.89 bits per heavy atom. The van der Waals surface area contributed by atoms with Crippen molar-refractivity contribution >= 4 is 11.6 Å². The number of rotatable bonds is 6. The molecule has 1 aromatic rings. The average Bonchev–Trinajstić information content (AvgIpc) is 2.37. The maximum Gasteiger partial charge on any atom is 0.304 e. The van der Waals surface area contributed by atoms with Crippen LogP contribution in [0, 0.1) is 15.9 Å². The minimum Gasteiger partial charge on any atom is -0.339 e. The molecular formula is C13H17FN2O3. The average molecular weight is 268 g/mol. The van der Waals surface area contributed by atoms with Crippen LogP contribution in [0.4, 0.5) is 10.1 Å². The van der Waals surface area contributed by atoms with Crippen LogP contribution in [0.25, 0.3) is 0 Å². The van der Waals surface area contributed by atoms with Crippen LogP contribution in [-0.4, -0.2) is 28.8 Å². The van der Waals surface area contributed by atoms with Crippen LogP contribution in [0.2, 0.25) is 0 Å². The number of nitro groups is 1. The summed E-state index contributed by atoms with van der Waals surface area (Å²) in [5.74, 6) is -1.28. The molecule has 0 saturated heterocycles. The van der Waals surface area contributed by atoms with E-state index in [2.05, 4.69) is 0 Å². The van der Waals surface area contributed by atoms with Gasteiger partial charge in [0, 0.05) is 24.7 Å². The molecule has 0 aliphatic heterocycles. The summed E-state index contributed by atoms with van der Waals surface area (Å²) in [6.45, 7) is 5.08. The molecule has 1 rings (SSSR count). The van der Waals surface area contributed by atoms with Gasteiger partial charge in [-0.2, -0.15) is 4.39 Å². The van der Waals surface area contributed by atoms with Crippen molar-refractivity contribution in [1.82, 2.24) is 4.90 Å². The van der Waals surface area contributed by atoms with Crippen molar-refractivity contribution in [3.05, 3.63) is 39.7 Å². The van der Waals surface area contributed by atoms with Crippen molar-refractivity contribution < 1.29 is 14.1 Å². The normalized spacial score (nSPS) is 10.3. The molecule has 0 aliphatic carbocycles. The Labute approximate surface area is 111 Å². The van der Waals surface area contributed by atoms with E-state index in [4.69, 9.17) is 0 Å². The third kappa shape index (κ3) is 3.74. The molecule has 0 aromatic heterocycles. The first-order valence-electron chi connectivity index (χ1n) is 6.24. The minimum atomic E-state index is -0.983. The van der Waals surface area contributed by atoms with E-state index in [1.165, 1.54) is 6.07 Å². The number of carbonyl (C=O) groups excluding carboxylic acids is 1. The van der Waals surface area contributed by atoms with E-state index in [0.717, 1.165) is 25.0 Å². The molecule has 5 nitrogen and oxygen atoms in total. The van der Waals surface area contributed by atoms with Gasteiger partial charge in [0.1, 0.15) is 0 Å². The monoisotopic (exact) mass is 268 g/mol. The van der Waals surface area contributed by atoms with E-state index in [1.807, 2.05) is 13.8 Å². The Hall–Kier alpha value is -1.98. The van der Waals surface area contributed by atoms with Gasteiger partial charge in [0.15, 0.2) is 0 Å². The van der Waals surface area contributed by atoms with Gasteiger partial charge in [0.25, 0.3) is 5.91 Å². The fourth-order valence-corrected chi connectivity index (χ4v) is 1.83. The predicted molar refractivity (Wildman–Crippen MR) is 69.5 cm³/mol. The summed E-state index contributed by atoms with van der Waals surface area (Å²) in [5.41, 5.74) is -0.473. The van der Waals surface area contributed by atoms with E-state index in [9.17, 15) is 19.3 Å². The van der Waals surface area contributed by atoms with Gasteiger partial charge < -0.3 is 4.90 Å². The smallest absolute Gasteiger partial charge is 0.304 e. The summed E-state index contributed by atoms with van der Waals surface area (Å²) in [5, 5.41) is 10.5. The lowest BCUT2D eigenvalue weighted by Gasteiger charge is -2.21. The van der Waals surface area contributed by atoms with Crippen molar-refractivity contribution in [2.75, 3.05) is 13.1 Å². The summed E-state index contributed by atoms with van der Waals surface area (Å²) >= 11 is 0. The van der Waals surface area contributed by atoms with Crippen molar-refractivity contribution in [1.29, 1.82) is 0 Å². The highest BCUT2D eigenvalue weighted by atomic mass is 19.1. The number of nitro benzene ring substituents is 1. The Balaban J connectivity index is 2.98. The van der Waals surface area contributed by atoms with Gasteiger partial charge in [0.05, 0.1) is 4.92 Å². The zero-order chi connectivity index (χ0) is 14.4. The van der Waals surface area contributed by atoms with Gasteiger partial charge in [-0.15, -0.1) is 0 Å². The first kappa shape index (κ1) is 15.1. The number of hydrogen-bond acceptors (Lipinski definition) is 3. The van der Waals surface area contributed by atoms with E-state index < -0.39 is 16.4 Å². The number of amides is 1. The summed E-state index contributed by atoms with van der Waals surface area (Å²) in [6.07, 6.45) is 1.61. The zero-order valence-electron chi connectivity index (χ0n) is 11.1. The Kier molecular flexibility index (Phi) is 5.41. The maximum absolute atomic E-state index is 13.5. The summed E-state index contributed by atoms with van der Waals surface area (Å²) < 4.78 is 13.5. The number of carbonyl (C=O) groups is 1. The Morgan fingerprint density at radius 3 is 2.32 bits per heavy atom. The van der Waals surface area contributed by atoms with E-state index in [-0.39, 0.29) is 11.5 Å². The summed E-state index contributed by atoms with van der Waals surface area (Å²) in [4.78, 5) is 23.5. The summed E-state index contributed by atoms with van der Waals surface area (Å²) in [6, 6.07) is 3.25. The van der Waals surface area contributed by atoms with Crippen LogP contribution in [0.3, 0.4) is 0 Å². The van der Waals surface area contributed by atoms with Gasteiger partial charge >= 0.3 is 5.69 Å². The molecule has 1 amide bonds. The van der Waals surface area contributed by atoms with Gasteiger partial charge in [-0.3, -0.25) is 14.9 Å². The number of hydrogen-bond donors (Lipinski definition) is 0. The van der Waals surface area contributed by atoms with Crippen LogP contribution in [0.15, 0.2) is 18.2 Å². The first-order valence-corrected chi connectivity index (χ1v) is 6.24. The topological polar surface area (TPSA) is 63.5 Å². The Bertz CT molecular complexity index is 471. The number of benzene rings is 1. The molecule has 0 unspecified atom stereocenters. The predicted octanol–water partition coefficient (Wildman–Crippen LogP) is 3.00. The summed E-state index contributed by atoms with van der Waals surface area (Å²) in [7, 11) is 0. The molecule has 1 aromatic carbocycles. The SMILES string of the molecule is CCCN(CCC)C(=O)c1ccc([N+](=O)[O-])c(F)c1. The largest absolute Gasteiger partial charge is 0.339 e. The lowest BCUT2D eigenvalue weighted by molar-refractivity contribution is -0.387. The molecular weight excluding hydrogens is 251 g/mol. The third-order valence-corrected chi connectivity index (χ3v) is 2.67. The second-order valence-corrected chi connectivity index (χ2v) is 4.22. The van der Waals surface area contributed by atoms with Crippen molar-refractivity contribution in [3.63, 3.8) is 0 Å². The van der Waals surface area contributed by atoms with Gasteiger partial charge in [-0.1, -0.05) is 13.8 Å². The van der Waals surface area contributed by atoms with Crippen LogP contribution in [0.5, 0.6) is 0 Å². The van der Waals surface area contributed by atoms with E-state index in [0.29, 0.717) is 13.1 Å². The molecule has 0 fully saturated rings. The molecule has 0 spiro atoms. The zero-order valence-corrected chi connectivity index (χ0v) is 11.1. The molecule has 0 aliphatic rings. The molecule has 19 heavy (non-hydrogen) atoms. The maximum atomic E-state index is 13.5. The number of halogens is 1. The number of nitrogens with zero attached hydrogens (tertiary/aromatic N) is 2.